The van der Waals surface area contributed by atoms with E-state index in [1.807, 2.05) is 6.92 Å². The van der Waals surface area contributed by atoms with Gasteiger partial charge in [0.25, 0.3) is 0 Å². The lowest BCUT2D eigenvalue weighted by Gasteiger charge is -2.29. The van der Waals surface area contributed by atoms with Gasteiger partial charge in [0.1, 0.15) is 6.79 Å². The molecule has 0 unspecified atom stereocenters. The molecule has 0 aromatic carbocycles. The average Bonchev–Trinajstić information content (AvgIpc) is 2.44. The molecule has 0 radical (unpaired) electrons. The van der Waals surface area contributed by atoms with E-state index in [4.69, 9.17) is 18.0 Å². The summed E-state index contributed by atoms with van der Waals surface area (Å²) in [7, 11) is 0.876. The minimum atomic E-state index is -2.49. The molecule has 1 fully saturated rings. The summed E-state index contributed by atoms with van der Waals surface area (Å²) >= 11 is 0. The molecule has 0 heterocycles. The molecular formula is C13H28O4Si. The van der Waals surface area contributed by atoms with Gasteiger partial charge in [-0.2, -0.15) is 0 Å². The van der Waals surface area contributed by atoms with Crippen molar-refractivity contribution in [1.82, 2.24) is 0 Å². The van der Waals surface area contributed by atoms with Crippen LogP contribution in [0.4, 0.5) is 0 Å². The van der Waals surface area contributed by atoms with Gasteiger partial charge in [-0.05, 0) is 19.3 Å². The maximum Gasteiger partial charge on any atom is 0.502 e. The Labute approximate surface area is 112 Å². The van der Waals surface area contributed by atoms with Gasteiger partial charge < -0.3 is 18.0 Å². The summed E-state index contributed by atoms with van der Waals surface area (Å²) in [5.74, 6) is 0.826. The van der Waals surface area contributed by atoms with Gasteiger partial charge in [0.05, 0.1) is 0 Å². The first-order chi connectivity index (χ1) is 8.76. The first-order valence-corrected chi connectivity index (χ1v) is 9.01. The highest BCUT2D eigenvalue weighted by atomic mass is 28.4. The molecular weight excluding hydrogens is 248 g/mol. The Morgan fingerprint density at radius 2 is 1.72 bits per heavy atom. The Hall–Kier alpha value is 0.0569. The minimum Gasteiger partial charge on any atom is -0.377 e. The van der Waals surface area contributed by atoms with Crippen molar-refractivity contribution in [2.24, 2.45) is 5.92 Å². The van der Waals surface area contributed by atoms with E-state index in [0.29, 0.717) is 6.61 Å². The van der Waals surface area contributed by atoms with Crippen molar-refractivity contribution in [3.63, 3.8) is 0 Å². The van der Waals surface area contributed by atoms with Gasteiger partial charge in [-0.25, -0.2) is 0 Å². The second-order valence-electron chi connectivity index (χ2n) is 4.89. The Kier molecular flexibility index (Phi) is 8.09. The largest absolute Gasteiger partial charge is 0.502 e. The van der Waals surface area contributed by atoms with E-state index < -0.39 is 8.80 Å². The van der Waals surface area contributed by atoms with Gasteiger partial charge in [0.15, 0.2) is 0 Å². The van der Waals surface area contributed by atoms with Crippen molar-refractivity contribution in [3.8, 4) is 0 Å². The quantitative estimate of drug-likeness (QED) is 0.368. The smallest absolute Gasteiger partial charge is 0.377 e. The fourth-order valence-electron chi connectivity index (χ4n) is 2.55. The van der Waals surface area contributed by atoms with Crippen LogP contribution in [-0.4, -0.2) is 36.4 Å². The molecule has 0 saturated heterocycles. The minimum absolute atomic E-state index is 0.273. The summed E-state index contributed by atoms with van der Waals surface area (Å²) in [4.78, 5) is 0. The maximum atomic E-state index is 5.73. The first-order valence-electron chi connectivity index (χ1n) is 7.08. The van der Waals surface area contributed by atoms with Crippen molar-refractivity contribution in [2.45, 2.75) is 51.5 Å². The van der Waals surface area contributed by atoms with E-state index in [9.17, 15) is 0 Å². The summed E-state index contributed by atoms with van der Waals surface area (Å²) in [6.45, 7) is 2.88. The standard InChI is InChI=1S/C13H28O4Si/c1-4-16-12-17-18(14-2,15-3)11-10-13-8-6-5-7-9-13/h13H,4-12H2,1-3H3. The zero-order valence-electron chi connectivity index (χ0n) is 12.1. The zero-order valence-corrected chi connectivity index (χ0v) is 13.1. The molecule has 108 valence electrons. The predicted molar refractivity (Wildman–Crippen MR) is 73.3 cm³/mol. The van der Waals surface area contributed by atoms with E-state index in [0.717, 1.165) is 18.4 Å². The van der Waals surface area contributed by atoms with Gasteiger partial charge in [-0.1, -0.05) is 32.1 Å². The van der Waals surface area contributed by atoms with Crippen molar-refractivity contribution < 1.29 is 18.0 Å². The summed E-state index contributed by atoms with van der Waals surface area (Å²) in [5, 5.41) is 0. The van der Waals surface area contributed by atoms with E-state index >= 15 is 0 Å². The van der Waals surface area contributed by atoms with Gasteiger partial charge in [0.2, 0.25) is 0 Å². The molecule has 0 N–H and O–H groups in total. The fraction of sp³-hybridized carbons (Fsp3) is 1.00. The maximum absolute atomic E-state index is 5.73. The van der Waals surface area contributed by atoms with Gasteiger partial charge in [0, 0.05) is 26.9 Å². The van der Waals surface area contributed by atoms with Crippen LogP contribution in [0.2, 0.25) is 6.04 Å². The molecule has 18 heavy (non-hydrogen) atoms. The molecule has 0 amide bonds. The third kappa shape index (κ3) is 5.36. The average molecular weight is 276 g/mol. The second kappa shape index (κ2) is 9.04. The summed E-state index contributed by atoms with van der Waals surface area (Å²) in [5.41, 5.74) is 0. The third-order valence-electron chi connectivity index (χ3n) is 3.77. The normalized spacial score (nSPS) is 18.2. The van der Waals surface area contributed by atoms with Crippen molar-refractivity contribution in [2.75, 3.05) is 27.6 Å². The second-order valence-corrected chi connectivity index (χ2v) is 7.86. The Morgan fingerprint density at radius 1 is 1.06 bits per heavy atom. The molecule has 0 aliphatic heterocycles. The number of hydrogen-bond acceptors (Lipinski definition) is 4. The number of rotatable bonds is 9. The van der Waals surface area contributed by atoms with Crippen molar-refractivity contribution in [3.05, 3.63) is 0 Å². The Morgan fingerprint density at radius 3 is 2.28 bits per heavy atom. The van der Waals surface area contributed by atoms with E-state index in [1.54, 1.807) is 14.2 Å². The lowest BCUT2D eigenvalue weighted by Crippen LogP contribution is -2.44. The van der Waals surface area contributed by atoms with Gasteiger partial charge in [-0.15, -0.1) is 0 Å². The van der Waals surface area contributed by atoms with Crippen molar-refractivity contribution >= 4 is 8.80 Å². The van der Waals surface area contributed by atoms with E-state index in [1.165, 1.54) is 32.1 Å². The van der Waals surface area contributed by atoms with E-state index in [-0.39, 0.29) is 6.79 Å². The summed E-state index contributed by atoms with van der Waals surface area (Å²) in [6.07, 6.45) is 8.00. The van der Waals surface area contributed by atoms with Crippen molar-refractivity contribution in [1.29, 1.82) is 0 Å². The SMILES string of the molecule is CCOCO[Si](CCC1CCCCC1)(OC)OC. The fourth-order valence-corrected chi connectivity index (χ4v) is 4.53. The van der Waals surface area contributed by atoms with Gasteiger partial charge in [-0.3, -0.25) is 0 Å². The molecule has 4 nitrogen and oxygen atoms in total. The molecule has 0 bridgehead atoms. The Bertz CT molecular complexity index is 203. The first kappa shape index (κ1) is 16.1. The molecule has 0 aromatic rings. The van der Waals surface area contributed by atoms with Gasteiger partial charge >= 0.3 is 8.80 Å². The molecule has 0 atom stereocenters. The molecule has 5 heteroatoms. The van der Waals surface area contributed by atoms with Crippen LogP contribution in [0.25, 0.3) is 0 Å². The lowest BCUT2D eigenvalue weighted by atomic mass is 9.88. The lowest BCUT2D eigenvalue weighted by molar-refractivity contribution is -0.0290. The van der Waals surface area contributed by atoms with Crippen LogP contribution >= 0.6 is 0 Å². The molecule has 0 aromatic heterocycles. The highest BCUT2D eigenvalue weighted by Gasteiger charge is 2.39. The third-order valence-corrected chi connectivity index (χ3v) is 6.47. The van der Waals surface area contributed by atoms with E-state index in [2.05, 4.69) is 0 Å². The molecule has 0 spiro atoms. The molecule has 1 rings (SSSR count). The highest BCUT2D eigenvalue weighted by Crippen LogP contribution is 2.30. The van der Waals surface area contributed by atoms with Crippen LogP contribution in [0, 0.1) is 5.92 Å². The Balaban J connectivity index is 2.34. The van der Waals surface area contributed by atoms with Crippen LogP contribution in [0.1, 0.15) is 45.4 Å². The monoisotopic (exact) mass is 276 g/mol. The van der Waals surface area contributed by atoms with Crippen LogP contribution < -0.4 is 0 Å². The number of ether oxygens (including phenoxy) is 1. The molecule has 1 aliphatic rings. The predicted octanol–water partition coefficient (Wildman–Crippen LogP) is 3.20. The van der Waals surface area contributed by atoms with Crippen LogP contribution in [0.5, 0.6) is 0 Å². The molecule has 1 saturated carbocycles. The van der Waals surface area contributed by atoms with Crippen LogP contribution in [0.15, 0.2) is 0 Å². The summed E-state index contributed by atoms with van der Waals surface area (Å²) in [6, 6.07) is 0.901. The molecule has 1 aliphatic carbocycles. The number of hydrogen-bond donors (Lipinski definition) is 0. The topological polar surface area (TPSA) is 36.9 Å². The zero-order chi connectivity index (χ0) is 13.3. The van der Waals surface area contributed by atoms with Crippen LogP contribution in [-0.2, 0) is 18.0 Å². The summed E-state index contributed by atoms with van der Waals surface area (Å²) < 4.78 is 22.0. The highest BCUT2D eigenvalue weighted by molar-refractivity contribution is 6.60. The van der Waals surface area contributed by atoms with Crippen LogP contribution in [0.3, 0.4) is 0 Å².